The van der Waals surface area contributed by atoms with Crippen molar-refractivity contribution in [1.29, 1.82) is 0 Å². The maximum absolute atomic E-state index is 8.49. The van der Waals surface area contributed by atoms with Gasteiger partial charge in [-0.15, -0.1) is 0 Å². The average molecular weight is 195 g/mol. The van der Waals surface area contributed by atoms with Gasteiger partial charge >= 0.3 is 0 Å². The van der Waals surface area contributed by atoms with E-state index in [4.69, 9.17) is 5.21 Å². The van der Waals surface area contributed by atoms with Crippen LogP contribution in [0, 0.1) is 13.8 Å². The van der Waals surface area contributed by atoms with Crippen LogP contribution in [-0.2, 0) is 6.54 Å². The first kappa shape index (κ1) is 10.8. The molecule has 0 fully saturated rings. The molecule has 4 nitrogen and oxygen atoms in total. The van der Waals surface area contributed by atoms with Gasteiger partial charge in [0.2, 0.25) is 0 Å². The maximum atomic E-state index is 8.49. The van der Waals surface area contributed by atoms with Gasteiger partial charge in [-0.3, -0.25) is 4.68 Å². The van der Waals surface area contributed by atoms with Crippen molar-refractivity contribution in [3.8, 4) is 0 Å². The average Bonchev–Trinajstić information content (AvgIpc) is 2.43. The molecular weight excluding hydrogens is 178 g/mol. The van der Waals surface area contributed by atoms with Crippen molar-refractivity contribution in [3.63, 3.8) is 0 Å². The first-order valence-electron chi connectivity index (χ1n) is 4.92. The summed E-state index contributed by atoms with van der Waals surface area (Å²) in [5.74, 6) is 0. The number of oxime groups is 1. The highest BCUT2D eigenvalue weighted by Gasteiger charge is 2.08. The van der Waals surface area contributed by atoms with Crippen LogP contribution < -0.4 is 0 Å². The fraction of sp³-hybridized carbons (Fsp3) is 0.600. The third-order valence-electron chi connectivity index (χ3n) is 2.35. The van der Waals surface area contributed by atoms with Gasteiger partial charge in [-0.05, 0) is 20.3 Å². The molecule has 14 heavy (non-hydrogen) atoms. The zero-order chi connectivity index (χ0) is 10.6. The van der Waals surface area contributed by atoms with Gasteiger partial charge in [-0.2, -0.15) is 5.10 Å². The Hall–Kier alpha value is -1.32. The Morgan fingerprint density at radius 2 is 2.21 bits per heavy atom. The molecule has 1 aromatic heterocycles. The molecule has 1 aromatic rings. The summed E-state index contributed by atoms with van der Waals surface area (Å²) in [6.45, 7) is 7.00. The minimum atomic E-state index is 0.913. The standard InChI is InChI=1S/C10H17N3O/c1-4-5-6-13-9(3)10(7-11-14)8(2)12-13/h7,14H,4-6H2,1-3H3/b11-7-. The number of hydrogen-bond donors (Lipinski definition) is 1. The molecule has 0 amide bonds. The molecule has 0 aromatic carbocycles. The first-order valence-corrected chi connectivity index (χ1v) is 4.92. The van der Waals surface area contributed by atoms with E-state index < -0.39 is 0 Å². The van der Waals surface area contributed by atoms with Crippen LogP contribution >= 0.6 is 0 Å². The second kappa shape index (κ2) is 4.79. The normalized spacial score (nSPS) is 11.4. The van der Waals surface area contributed by atoms with Crippen LogP contribution in [0.5, 0.6) is 0 Å². The van der Waals surface area contributed by atoms with E-state index in [1.165, 1.54) is 6.21 Å². The van der Waals surface area contributed by atoms with Crippen LogP contribution in [0.1, 0.15) is 36.7 Å². The fourth-order valence-electron chi connectivity index (χ4n) is 1.48. The summed E-state index contributed by atoms with van der Waals surface area (Å²) in [5.41, 5.74) is 2.90. The molecule has 0 unspecified atom stereocenters. The van der Waals surface area contributed by atoms with Crippen molar-refractivity contribution in [2.24, 2.45) is 5.16 Å². The highest BCUT2D eigenvalue weighted by Crippen LogP contribution is 2.11. The number of aryl methyl sites for hydroxylation is 2. The smallest absolute Gasteiger partial charge is 0.0770 e. The monoisotopic (exact) mass is 195 g/mol. The molecule has 1 heterocycles. The van der Waals surface area contributed by atoms with E-state index >= 15 is 0 Å². The Morgan fingerprint density at radius 3 is 2.79 bits per heavy atom. The Morgan fingerprint density at radius 1 is 1.50 bits per heavy atom. The molecule has 0 bridgehead atoms. The van der Waals surface area contributed by atoms with Crippen molar-refractivity contribution in [2.45, 2.75) is 40.2 Å². The number of nitrogens with zero attached hydrogens (tertiary/aromatic N) is 3. The van der Waals surface area contributed by atoms with Crippen LogP contribution in [0.3, 0.4) is 0 Å². The van der Waals surface area contributed by atoms with E-state index in [0.29, 0.717) is 0 Å². The lowest BCUT2D eigenvalue weighted by Gasteiger charge is -2.01. The van der Waals surface area contributed by atoms with E-state index in [-0.39, 0.29) is 0 Å². The SMILES string of the molecule is CCCCn1nc(C)c(/C=N\O)c1C. The second-order valence-electron chi connectivity index (χ2n) is 3.41. The van der Waals surface area contributed by atoms with Crippen molar-refractivity contribution in [1.82, 2.24) is 9.78 Å². The Labute approximate surface area is 84.2 Å². The van der Waals surface area contributed by atoms with Gasteiger partial charge in [0.25, 0.3) is 0 Å². The summed E-state index contributed by atoms with van der Waals surface area (Å²) >= 11 is 0. The van der Waals surface area contributed by atoms with E-state index in [0.717, 1.165) is 36.3 Å². The van der Waals surface area contributed by atoms with Crippen LogP contribution in [-0.4, -0.2) is 21.2 Å². The largest absolute Gasteiger partial charge is 0.411 e. The van der Waals surface area contributed by atoms with E-state index in [2.05, 4.69) is 17.2 Å². The van der Waals surface area contributed by atoms with Gasteiger partial charge in [0, 0.05) is 17.8 Å². The summed E-state index contributed by atoms with van der Waals surface area (Å²) in [7, 11) is 0. The van der Waals surface area contributed by atoms with Crippen LogP contribution in [0.15, 0.2) is 5.16 Å². The Kier molecular flexibility index (Phi) is 3.68. The predicted molar refractivity (Wildman–Crippen MR) is 56.0 cm³/mol. The molecule has 0 radical (unpaired) electrons. The number of aromatic nitrogens is 2. The van der Waals surface area contributed by atoms with Crippen molar-refractivity contribution < 1.29 is 5.21 Å². The number of unbranched alkanes of at least 4 members (excludes halogenated alkanes) is 1. The summed E-state index contributed by atoms with van der Waals surface area (Å²) in [6.07, 6.45) is 3.72. The molecule has 0 spiro atoms. The third-order valence-corrected chi connectivity index (χ3v) is 2.35. The van der Waals surface area contributed by atoms with Gasteiger partial charge < -0.3 is 5.21 Å². The van der Waals surface area contributed by atoms with Crippen molar-refractivity contribution in [2.75, 3.05) is 0 Å². The molecule has 0 aliphatic rings. The molecule has 0 saturated carbocycles. The van der Waals surface area contributed by atoms with Gasteiger partial charge in [-0.25, -0.2) is 0 Å². The molecule has 1 rings (SSSR count). The lowest BCUT2D eigenvalue weighted by molar-refractivity contribution is 0.322. The van der Waals surface area contributed by atoms with Gasteiger partial charge in [0.05, 0.1) is 11.9 Å². The zero-order valence-corrected chi connectivity index (χ0v) is 8.99. The molecular formula is C10H17N3O. The molecule has 0 aliphatic heterocycles. The fourth-order valence-corrected chi connectivity index (χ4v) is 1.48. The summed E-state index contributed by atoms with van der Waals surface area (Å²) in [6, 6.07) is 0. The summed E-state index contributed by atoms with van der Waals surface area (Å²) in [5, 5.41) is 15.9. The minimum absolute atomic E-state index is 0.913. The topological polar surface area (TPSA) is 50.4 Å². The molecule has 78 valence electrons. The van der Waals surface area contributed by atoms with Crippen molar-refractivity contribution >= 4 is 6.21 Å². The molecule has 0 atom stereocenters. The predicted octanol–water partition coefficient (Wildman–Crippen LogP) is 2.11. The first-order chi connectivity index (χ1) is 6.70. The minimum Gasteiger partial charge on any atom is -0.411 e. The Balaban J connectivity index is 2.92. The molecule has 4 heteroatoms. The lowest BCUT2D eigenvalue weighted by Crippen LogP contribution is -2.02. The van der Waals surface area contributed by atoms with Gasteiger partial charge in [0.15, 0.2) is 0 Å². The maximum Gasteiger partial charge on any atom is 0.0770 e. The highest BCUT2D eigenvalue weighted by atomic mass is 16.4. The number of rotatable bonds is 4. The molecule has 0 aliphatic carbocycles. The van der Waals surface area contributed by atoms with Crippen molar-refractivity contribution in [3.05, 3.63) is 17.0 Å². The lowest BCUT2D eigenvalue weighted by atomic mass is 10.2. The zero-order valence-electron chi connectivity index (χ0n) is 8.99. The van der Waals surface area contributed by atoms with E-state index in [9.17, 15) is 0 Å². The second-order valence-corrected chi connectivity index (χ2v) is 3.41. The summed E-state index contributed by atoms with van der Waals surface area (Å²) < 4.78 is 1.97. The number of hydrogen-bond acceptors (Lipinski definition) is 3. The quantitative estimate of drug-likeness (QED) is 0.454. The summed E-state index contributed by atoms with van der Waals surface area (Å²) in [4.78, 5) is 0. The van der Waals surface area contributed by atoms with Gasteiger partial charge in [-0.1, -0.05) is 18.5 Å². The third kappa shape index (κ3) is 2.13. The van der Waals surface area contributed by atoms with Crippen LogP contribution in [0.25, 0.3) is 0 Å². The van der Waals surface area contributed by atoms with Gasteiger partial charge in [0.1, 0.15) is 0 Å². The highest BCUT2D eigenvalue weighted by molar-refractivity contribution is 5.82. The van der Waals surface area contributed by atoms with E-state index in [1.54, 1.807) is 0 Å². The molecule has 0 saturated heterocycles. The van der Waals surface area contributed by atoms with E-state index in [1.807, 2.05) is 18.5 Å². The Bertz CT molecular complexity index is 328. The molecule has 1 N–H and O–H groups in total. The van der Waals surface area contributed by atoms with Crippen LogP contribution in [0.2, 0.25) is 0 Å². The van der Waals surface area contributed by atoms with Crippen LogP contribution in [0.4, 0.5) is 0 Å².